The zero-order valence-electron chi connectivity index (χ0n) is 16.3. The van der Waals surface area contributed by atoms with Crippen LogP contribution in [0.4, 0.5) is 23.0 Å². The van der Waals surface area contributed by atoms with Crippen molar-refractivity contribution in [3.8, 4) is 0 Å². The number of anilines is 4. The molecule has 0 amide bonds. The Kier molecular flexibility index (Phi) is 6.22. The fraction of sp³-hybridized carbons (Fsp3) is 0.227. The molecule has 144 valence electrons. The molecule has 0 atom stereocenters. The van der Waals surface area contributed by atoms with Crippen LogP contribution in [0.1, 0.15) is 35.6 Å². The molecule has 0 unspecified atom stereocenters. The number of carbonyl (C=O) groups excluding carboxylic acids is 1. The SMILES string of the molecule is CCOC(=O)c1ccccc1Nc1cc(Nc2ccc(CC)cc2)nc(C)n1. The highest BCUT2D eigenvalue weighted by atomic mass is 16.5. The number of nitrogens with one attached hydrogen (secondary N) is 2. The van der Waals surface area contributed by atoms with E-state index in [-0.39, 0.29) is 5.97 Å². The number of para-hydroxylation sites is 1. The van der Waals surface area contributed by atoms with E-state index in [1.807, 2.05) is 37.3 Å². The van der Waals surface area contributed by atoms with Gasteiger partial charge in [0.15, 0.2) is 0 Å². The quantitative estimate of drug-likeness (QED) is 0.565. The molecule has 0 aliphatic heterocycles. The van der Waals surface area contributed by atoms with E-state index < -0.39 is 0 Å². The van der Waals surface area contributed by atoms with Crippen molar-refractivity contribution in [1.82, 2.24) is 9.97 Å². The second kappa shape index (κ2) is 8.99. The predicted octanol–water partition coefficient (Wildman–Crippen LogP) is 5.01. The molecule has 28 heavy (non-hydrogen) atoms. The average molecular weight is 376 g/mol. The number of ether oxygens (including phenoxy) is 1. The highest BCUT2D eigenvalue weighted by Crippen LogP contribution is 2.23. The van der Waals surface area contributed by atoms with Gasteiger partial charge in [-0.05, 0) is 50.1 Å². The molecular formula is C22H24N4O2. The van der Waals surface area contributed by atoms with Crippen LogP contribution in [0, 0.1) is 6.92 Å². The predicted molar refractivity (Wildman–Crippen MR) is 112 cm³/mol. The third-order valence-electron chi connectivity index (χ3n) is 4.16. The lowest BCUT2D eigenvalue weighted by molar-refractivity contribution is 0.0527. The third-order valence-corrected chi connectivity index (χ3v) is 4.16. The molecule has 0 spiro atoms. The first-order valence-corrected chi connectivity index (χ1v) is 9.34. The molecule has 1 aromatic heterocycles. The van der Waals surface area contributed by atoms with Gasteiger partial charge in [-0.15, -0.1) is 0 Å². The first kappa shape index (κ1) is 19.4. The van der Waals surface area contributed by atoms with Crippen LogP contribution < -0.4 is 10.6 Å². The molecule has 0 bridgehead atoms. The van der Waals surface area contributed by atoms with E-state index in [9.17, 15) is 4.79 Å². The van der Waals surface area contributed by atoms with Gasteiger partial charge in [0.05, 0.1) is 17.9 Å². The molecule has 2 aromatic carbocycles. The lowest BCUT2D eigenvalue weighted by Crippen LogP contribution is -2.09. The Hall–Kier alpha value is -3.41. The van der Waals surface area contributed by atoms with Crippen molar-refractivity contribution < 1.29 is 9.53 Å². The van der Waals surface area contributed by atoms with E-state index >= 15 is 0 Å². The summed E-state index contributed by atoms with van der Waals surface area (Å²) in [6.07, 6.45) is 1.00. The Labute approximate surface area is 165 Å². The van der Waals surface area contributed by atoms with Crippen LogP contribution in [0.15, 0.2) is 54.6 Å². The lowest BCUT2D eigenvalue weighted by atomic mass is 10.1. The van der Waals surface area contributed by atoms with Gasteiger partial charge in [0, 0.05) is 11.8 Å². The number of carbonyl (C=O) groups is 1. The van der Waals surface area contributed by atoms with Crippen LogP contribution in [0.25, 0.3) is 0 Å². The van der Waals surface area contributed by atoms with Crippen molar-refractivity contribution in [1.29, 1.82) is 0 Å². The molecule has 0 aliphatic rings. The summed E-state index contributed by atoms with van der Waals surface area (Å²) in [7, 11) is 0. The van der Waals surface area contributed by atoms with Gasteiger partial charge >= 0.3 is 5.97 Å². The van der Waals surface area contributed by atoms with E-state index in [4.69, 9.17) is 4.74 Å². The Morgan fingerprint density at radius 2 is 1.64 bits per heavy atom. The summed E-state index contributed by atoms with van der Waals surface area (Å²) in [5, 5.41) is 6.50. The van der Waals surface area contributed by atoms with Crippen molar-refractivity contribution >= 4 is 29.0 Å². The van der Waals surface area contributed by atoms with Gasteiger partial charge in [0.1, 0.15) is 17.5 Å². The molecule has 0 fully saturated rings. The number of benzene rings is 2. The fourth-order valence-corrected chi connectivity index (χ4v) is 2.78. The molecule has 3 aromatic rings. The standard InChI is InChI=1S/C22H24N4O2/c1-4-16-10-12-17(13-11-16)25-20-14-21(24-15(3)23-20)26-19-9-7-6-8-18(19)22(27)28-5-2/h6-14H,4-5H2,1-3H3,(H2,23,24,25,26). The minimum Gasteiger partial charge on any atom is -0.462 e. The highest BCUT2D eigenvalue weighted by Gasteiger charge is 2.13. The van der Waals surface area contributed by atoms with Crippen molar-refractivity contribution in [2.75, 3.05) is 17.2 Å². The minimum atomic E-state index is -0.370. The first-order chi connectivity index (χ1) is 13.6. The zero-order valence-corrected chi connectivity index (χ0v) is 16.3. The number of hydrogen-bond acceptors (Lipinski definition) is 6. The van der Waals surface area contributed by atoms with Crippen LogP contribution in [-0.4, -0.2) is 22.5 Å². The van der Waals surface area contributed by atoms with Crippen LogP contribution in [0.5, 0.6) is 0 Å². The summed E-state index contributed by atoms with van der Waals surface area (Å²) >= 11 is 0. The van der Waals surface area contributed by atoms with Gasteiger partial charge in [-0.1, -0.05) is 31.2 Å². The summed E-state index contributed by atoms with van der Waals surface area (Å²) < 4.78 is 5.13. The second-order valence-electron chi connectivity index (χ2n) is 6.25. The zero-order chi connectivity index (χ0) is 19.9. The number of hydrogen-bond donors (Lipinski definition) is 2. The maximum absolute atomic E-state index is 12.2. The fourth-order valence-electron chi connectivity index (χ4n) is 2.78. The Morgan fingerprint density at radius 1 is 0.964 bits per heavy atom. The van der Waals surface area contributed by atoms with E-state index in [0.29, 0.717) is 35.3 Å². The molecular weight excluding hydrogens is 352 g/mol. The van der Waals surface area contributed by atoms with Crippen LogP contribution in [0.2, 0.25) is 0 Å². The summed E-state index contributed by atoms with van der Waals surface area (Å²) in [4.78, 5) is 21.1. The van der Waals surface area contributed by atoms with Crippen LogP contribution >= 0.6 is 0 Å². The van der Waals surface area contributed by atoms with Crippen LogP contribution in [0.3, 0.4) is 0 Å². The van der Waals surface area contributed by atoms with Crippen molar-refractivity contribution in [3.05, 3.63) is 71.5 Å². The normalized spacial score (nSPS) is 10.4. The number of aryl methyl sites for hydroxylation is 2. The monoisotopic (exact) mass is 376 g/mol. The van der Waals surface area contributed by atoms with Gasteiger partial charge in [0.2, 0.25) is 0 Å². The highest BCUT2D eigenvalue weighted by molar-refractivity contribution is 5.96. The Morgan fingerprint density at radius 3 is 2.32 bits per heavy atom. The van der Waals surface area contributed by atoms with Gasteiger partial charge in [0.25, 0.3) is 0 Å². The van der Waals surface area contributed by atoms with E-state index in [1.54, 1.807) is 19.1 Å². The number of rotatable bonds is 7. The maximum atomic E-state index is 12.2. The Balaban J connectivity index is 1.83. The first-order valence-electron chi connectivity index (χ1n) is 9.34. The average Bonchev–Trinajstić information content (AvgIpc) is 2.69. The molecule has 2 N–H and O–H groups in total. The van der Waals surface area contributed by atoms with Crippen molar-refractivity contribution in [2.45, 2.75) is 27.2 Å². The number of aromatic nitrogens is 2. The molecule has 0 saturated heterocycles. The largest absolute Gasteiger partial charge is 0.462 e. The van der Waals surface area contributed by atoms with Gasteiger partial charge < -0.3 is 15.4 Å². The van der Waals surface area contributed by atoms with Crippen molar-refractivity contribution in [2.24, 2.45) is 0 Å². The summed E-state index contributed by atoms with van der Waals surface area (Å²) in [5.74, 6) is 1.52. The Bertz CT molecular complexity index is 955. The van der Waals surface area contributed by atoms with E-state index in [1.165, 1.54) is 5.56 Å². The van der Waals surface area contributed by atoms with Crippen molar-refractivity contribution in [3.63, 3.8) is 0 Å². The van der Waals surface area contributed by atoms with Crippen LogP contribution in [-0.2, 0) is 11.2 Å². The van der Waals surface area contributed by atoms with Gasteiger partial charge in [-0.25, -0.2) is 14.8 Å². The number of esters is 1. The second-order valence-corrected chi connectivity index (χ2v) is 6.25. The maximum Gasteiger partial charge on any atom is 0.340 e. The minimum absolute atomic E-state index is 0.324. The molecule has 3 rings (SSSR count). The molecule has 0 saturated carbocycles. The summed E-state index contributed by atoms with van der Waals surface area (Å²) in [6.45, 7) is 6.06. The summed E-state index contributed by atoms with van der Waals surface area (Å²) in [6, 6.07) is 17.2. The third kappa shape index (κ3) is 4.85. The molecule has 6 nitrogen and oxygen atoms in total. The topological polar surface area (TPSA) is 76.1 Å². The summed E-state index contributed by atoms with van der Waals surface area (Å²) in [5.41, 5.74) is 3.33. The lowest BCUT2D eigenvalue weighted by Gasteiger charge is -2.13. The molecule has 6 heteroatoms. The van der Waals surface area contributed by atoms with E-state index in [0.717, 1.165) is 12.1 Å². The van der Waals surface area contributed by atoms with Gasteiger partial charge in [-0.3, -0.25) is 0 Å². The van der Waals surface area contributed by atoms with Gasteiger partial charge in [-0.2, -0.15) is 0 Å². The number of nitrogens with zero attached hydrogens (tertiary/aromatic N) is 2. The molecule has 1 heterocycles. The molecule has 0 radical (unpaired) electrons. The molecule has 0 aliphatic carbocycles. The van der Waals surface area contributed by atoms with E-state index in [2.05, 4.69) is 39.7 Å². The smallest absolute Gasteiger partial charge is 0.340 e.